The molecule has 0 aromatic heterocycles. The van der Waals surface area contributed by atoms with Crippen LogP contribution in [0, 0.1) is 0 Å². The molecule has 0 radical (unpaired) electrons. The second-order valence-corrected chi connectivity index (χ2v) is 5.62. The molecule has 1 atom stereocenters. The van der Waals surface area contributed by atoms with Crippen molar-refractivity contribution in [3.05, 3.63) is 0 Å². The molecule has 2 rings (SSSR count). The first kappa shape index (κ1) is 11.2. The topological polar surface area (TPSA) is 55.5 Å². The number of aliphatic hydroxyl groups is 1. The van der Waals surface area contributed by atoms with Gasteiger partial charge in [-0.2, -0.15) is 0 Å². The van der Waals surface area contributed by atoms with E-state index in [-0.39, 0.29) is 6.61 Å². The van der Waals surface area contributed by atoms with Gasteiger partial charge in [0.05, 0.1) is 17.7 Å². The molecule has 0 aromatic carbocycles. The third kappa shape index (κ3) is 1.66. The highest BCUT2D eigenvalue weighted by Crippen LogP contribution is 2.53. The van der Waals surface area contributed by atoms with E-state index >= 15 is 0 Å². The van der Waals surface area contributed by atoms with Crippen molar-refractivity contribution in [2.24, 2.45) is 5.73 Å². The van der Waals surface area contributed by atoms with Gasteiger partial charge in [-0.05, 0) is 13.8 Å². The maximum atomic E-state index is 12.8. The predicted molar refractivity (Wildman–Crippen MR) is 50.7 cm³/mol. The summed E-state index contributed by atoms with van der Waals surface area (Å²) in [4.78, 5) is 0. The van der Waals surface area contributed by atoms with E-state index in [1.165, 1.54) is 0 Å². The van der Waals surface area contributed by atoms with Crippen LogP contribution >= 0.6 is 0 Å². The Morgan fingerprint density at radius 3 is 2.07 bits per heavy atom. The second kappa shape index (κ2) is 2.70. The second-order valence-electron chi connectivity index (χ2n) is 5.62. The number of alkyl halides is 2. The Hall–Kier alpha value is -0.260. The minimum Gasteiger partial charge on any atom is -0.385 e. The third-order valence-electron chi connectivity index (χ3n) is 3.49. The Morgan fingerprint density at radius 2 is 1.73 bits per heavy atom. The van der Waals surface area contributed by atoms with Crippen molar-refractivity contribution in [3.8, 4) is 0 Å². The minimum atomic E-state index is -2.72. The summed E-state index contributed by atoms with van der Waals surface area (Å²) < 4.78 is 31.0. The lowest BCUT2D eigenvalue weighted by molar-refractivity contribution is -0.189. The van der Waals surface area contributed by atoms with Crippen LogP contribution in [0.15, 0.2) is 0 Å². The van der Waals surface area contributed by atoms with Gasteiger partial charge in [0.1, 0.15) is 5.60 Å². The summed E-state index contributed by atoms with van der Waals surface area (Å²) in [5, 5.41) is 10.3. The van der Waals surface area contributed by atoms with Crippen molar-refractivity contribution in [3.63, 3.8) is 0 Å². The third-order valence-corrected chi connectivity index (χ3v) is 3.49. The Balaban J connectivity index is 2.12. The van der Waals surface area contributed by atoms with E-state index in [9.17, 15) is 13.9 Å². The molecule has 2 fully saturated rings. The lowest BCUT2D eigenvalue weighted by Crippen LogP contribution is -2.71. The molecule has 0 spiro atoms. The van der Waals surface area contributed by atoms with Gasteiger partial charge in [0.25, 0.3) is 5.92 Å². The number of hydrogen-bond donors (Lipinski definition) is 2. The summed E-state index contributed by atoms with van der Waals surface area (Å²) in [5.74, 6) is -2.72. The summed E-state index contributed by atoms with van der Waals surface area (Å²) in [7, 11) is 0. The van der Waals surface area contributed by atoms with Crippen molar-refractivity contribution < 1.29 is 18.6 Å². The molecule has 1 aliphatic carbocycles. The van der Waals surface area contributed by atoms with E-state index < -0.39 is 35.5 Å². The first-order valence-electron chi connectivity index (χ1n) is 5.11. The molecule has 0 aromatic rings. The van der Waals surface area contributed by atoms with Crippen LogP contribution in [-0.4, -0.2) is 34.4 Å². The zero-order valence-electron chi connectivity index (χ0n) is 9.02. The lowest BCUT2D eigenvalue weighted by atomic mass is 9.62. The van der Waals surface area contributed by atoms with Gasteiger partial charge in [-0.3, -0.25) is 0 Å². The first-order valence-corrected chi connectivity index (χ1v) is 5.11. The van der Waals surface area contributed by atoms with Crippen LogP contribution in [0.25, 0.3) is 0 Å². The maximum Gasteiger partial charge on any atom is 0.251 e. The first-order chi connectivity index (χ1) is 6.58. The zero-order chi connectivity index (χ0) is 11.5. The molecule has 3 N–H and O–H groups in total. The van der Waals surface area contributed by atoms with Crippen LogP contribution in [0.1, 0.15) is 33.1 Å². The Kier molecular flexibility index (Phi) is 2.02. The van der Waals surface area contributed by atoms with E-state index in [2.05, 4.69) is 0 Å². The average molecular weight is 221 g/mol. The molecule has 1 unspecified atom stereocenters. The molecule has 0 amide bonds. The monoisotopic (exact) mass is 221 g/mol. The van der Waals surface area contributed by atoms with Gasteiger partial charge in [0.2, 0.25) is 0 Å². The lowest BCUT2D eigenvalue weighted by Gasteiger charge is -2.52. The number of rotatable bonds is 1. The highest BCUT2D eigenvalue weighted by molar-refractivity contribution is 5.18. The van der Waals surface area contributed by atoms with E-state index in [4.69, 9.17) is 10.5 Å². The molecule has 2 aliphatic rings. The molecule has 3 nitrogen and oxygen atoms in total. The summed E-state index contributed by atoms with van der Waals surface area (Å²) in [6.45, 7) is 3.70. The highest BCUT2D eigenvalue weighted by Gasteiger charge is 2.66. The van der Waals surface area contributed by atoms with Crippen LogP contribution in [0.5, 0.6) is 0 Å². The number of hydrogen-bond acceptors (Lipinski definition) is 3. The maximum absolute atomic E-state index is 12.8. The van der Waals surface area contributed by atoms with Crippen LogP contribution in [0.4, 0.5) is 8.78 Å². The summed E-state index contributed by atoms with van der Waals surface area (Å²) in [6.07, 6.45) is -0.585. The van der Waals surface area contributed by atoms with Crippen LogP contribution in [-0.2, 0) is 4.74 Å². The molecule has 88 valence electrons. The van der Waals surface area contributed by atoms with E-state index in [1.54, 1.807) is 0 Å². The quantitative estimate of drug-likeness (QED) is 0.695. The molecule has 0 bridgehead atoms. The van der Waals surface area contributed by atoms with Crippen molar-refractivity contribution in [1.29, 1.82) is 0 Å². The molecule has 15 heavy (non-hydrogen) atoms. The fraction of sp³-hybridized carbons (Fsp3) is 1.00. The minimum absolute atomic E-state index is 0.0482. The summed E-state index contributed by atoms with van der Waals surface area (Å²) >= 11 is 0. The van der Waals surface area contributed by atoms with Gasteiger partial charge >= 0.3 is 0 Å². The van der Waals surface area contributed by atoms with Crippen LogP contribution < -0.4 is 5.73 Å². The van der Waals surface area contributed by atoms with Crippen molar-refractivity contribution in [1.82, 2.24) is 0 Å². The van der Waals surface area contributed by atoms with Crippen molar-refractivity contribution in [2.45, 2.75) is 55.8 Å². The fourth-order valence-corrected chi connectivity index (χ4v) is 2.64. The SMILES string of the molecule is CC1(C)CC(O)(C2(N)CC(F)(F)C2)CO1. The van der Waals surface area contributed by atoms with Gasteiger partial charge in [0.15, 0.2) is 0 Å². The number of halogens is 2. The Bertz CT molecular complexity index is 285. The molecular formula is C10H17F2NO2. The van der Waals surface area contributed by atoms with Crippen molar-refractivity contribution >= 4 is 0 Å². The van der Waals surface area contributed by atoms with E-state index in [1.807, 2.05) is 13.8 Å². The molecule has 1 aliphatic heterocycles. The number of ether oxygens (including phenoxy) is 1. The largest absolute Gasteiger partial charge is 0.385 e. The van der Waals surface area contributed by atoms with Gasteiger partial charge in [-0.1, -0.05) is 0 Å². The molecule has 5 heteroatoms. The van der Waals surface area contributed by atoms with Gasteiger partial charge in [-0.25, -0.2) is 8.78 Å². The van der Waals surface area contributed by atoms with E-state index in [0.717, 1.165) is 0 Å². The average Bonchev–Trinajstić information content (AvgIpc) is 2.22. The normalized spacial score (nSPS) is 41.2. The summed E-state index contributed by atoms with van der Waals surface area (Å²) in [6, 6.07) is 0. The van der Waals surface area contributed by atoms with Crippen LogP contribution in [0.3, 0.4) is 0 Å². The number of nitrogens with two attached hydrogens (primary N) is 1. The molecule has 1 heterocycles. The van der Waals surface area contributed by atoms with Gasteiger partial charge < -0.3 is 15.6 Å². The Labute approximate surface area is 87.6 Å². The van der Waals surface area contributed by atoms with Gasteiger partial charge in [0, 0.05) is 19.3 Å². The molecular weight excluding hydrogens is 204 g/mol. The molecule has 1 saturated heterocycles. The fourth-order valence-electron chi connectivity index (χ4n) is 2.64. The predicted octanol–water partition coefficient (Wildman–Crippen LogP) is 1.04. The smallest absolute Gasteiger partial charge is 0.251 e. The Morgan fingerprint density at radius 1 is 1.20 bits per heavy atom. The highest BCUT2D eigenvalue weighted by atomic mass is 19.3. The standard InChI is InChI=1S/C10H17F2NO2/c1-7(2)3-9(14,6-15-7)8(13)4-10(11,12)5-8/h14H,3-6,13H2,1-2H3. The van der Waals surface area contributed by atoms with Crippen LogP contribution in [0.2, 0.25) is 0 Å². The van der Waals surface area contributed by atoms with E-state index in [0.29, 0.717) is 6.42 Å². The van der Waals surface area contributed by atoms with Gasteiger partial charge in [-0.15, -0.1) is 0 Å². The van der Waals surface area contributed by atoms with Crippen molar-refractivity contribution in [2.75, 3.05) is 6.61 Å². The zero-order valence-corrected chi connectivity index (χ0v) is 9.02. The molecule has 1 saturated carbocycles. The summed E-state index contributed by atoms with van der Waals surface area (Å²) in [5.41, 5.74) is 2.85.